The summed E-state index contributed by atoms with van der Waals surface area (Å²) in [6, 6.07) is 8.33. The van der Waals surface area contributed by atoms with E-state index in [0.717, 1.165) is 18.3 Å². The molecule has 4 rings (SSSR count). The molecule has 3 heterocycles. The Kier molecular flexibility index (Phi) is 10.5. The maximum atomic E-state index is 15.0. The van der Waals surface area contributed by atoms with E-state index in [2.05, 4.69) is 10.1 Å². The number of hydrogen-bond donors (Lipinski definition) is 3. The second kappa shape index (κ2) is 14.0. The van der Waals surface area contributed by atoms with Gasteiger partial charge in [0.2, 0.25) is 6.23 Å². The van der Waals surface area contributed by atoms with Crippen molar-refractivity contribution in [3.8, 4) is 5.75 Å². The Morgan fingerprint density at radius 1 is 1.24 bits per heavy atom. The number of hydrogen-bond acceptors (Lipinski definition) is 14. The molecule has 20 heteroatoms. The third kappa shape index (κ3) is 7.93. The largest absolute Gasteiger partial charge is 0.497 e. The highest BCUT2D eigenvalue weighted by atomic mass is 31.2. The van der Waals surface area contributed by atoms with E-state index in [4.69, 9.17) is 33.4 Å². The molecule has 250 valence electrons. The number of aromatic nitrogens is 2. The van der Waals surface area contributed by atoms with Gasteiger partial charge in [-0.25, -0.2) is 14.4 Å². The molecule has 0 spiro atoms. The number of benzene rings is 1. The molecule has 4 N–H and O–H groups in total. The zero-order chi connectivity index (χ0) is 33.8. The van der Waals surface area contributed by atoms with Crippen LogP contribution in [0.25, 0.3) is 0 Å². The van der Waals surface area contributed by atoms with E-state index in [1.807, 2.05) is 0 Å². The van der Waals surface area contributed by atoms with Crippen molar-refractivity contribution in [3.05, 3.63) is 80.6 Å². The van der Waals surface area contributed by atoms with Crippen LogP contribution in [0.3, 0.4) is 0 Å². The zero-order valence-corrected chi connectivity index (χ0v) is 25.4. The summed E-state index contributed by atoms with van der Waals surface area (Å²) in [6.45, 7) is 1.30. The Morgan fingerprint density at radius 3 is 2.54 bits per heavy atom. The van der Waals surface area contributed by atoms with Gasteiger partial charge in [0.1, 0.15) is 28.6 Å². The Labute approximate surface area is 258 Å². The number of halogens is 2. The molecule has 6 atom stereocenters. The van der Waals surface area contributed by atoms with Crippen LogP contribution in [0.4, 0.5) is 20.5 Å². The molecule has 1 aliphatic rings. The molecule has 1 fully saturated rings. The summed E-state index contributed by atoms with van der Waals surface area (Å²) in [7, 11) is -3.14. The Morgan fingerprint density at radius 2 is 1.93 bits per heavy atom. The van der Waals surface area contributed by atoms with E-state index in [0.29, 0.717) is 15.9 Å². The van der Waals surface area contributed by atoms with Crippen molar-refractivity contribution < 1.29 is 55.8 Å². The van der Waals surface area contributed by atoms with Crippen molar-refractivity contribution >= 4 is 25.4 Å². The van der Waals surface area contributed by atoms with Crippen molar-refractivity contribution in [2.24, 2.45) is 0 Å². The minimum Gasteiger partial charge on any atom is -0.497 e. The molecule has 2 aromatic heterocycles. The van der Waals surface area contributed by atoms with Gasteiger partial charge >= 0.3 is 31.2 Å². The summed E-state index contributed by atoms with van der Waals surface area (Å²) in [5.41, 5.74) is 4.73. The molecular formula is C26H30F2N5O12P. The minimum atomic E-state index is -4.59. The van der Waals surface area contributed by atoms with Crippen LogP contribution in [-0.4, -0.2) is 63.4 Å². The van der Waals surface area contributed by atoms with Crippen LogP contribution in [0, 0.1) is 10.1 Å². The Hall–Kier alpha value is -4.26. The summed E-state index contributed by atoms with van der Waals surface area (Å²) >= 11 is 0. The maximum Gasteiger partial charge on any atom is 0.433 e. The number of nitrogens with one attached hydrogen (secondary N) is 1. The fourth-order valence-electron chi connectivity index (χ4n) is 4.16. The number of methoxy groups -OCH3 is 1. The van der Waals surface area contributed by atoms with Crippen molar-refractivity contribution in [2.45, 2.75) is 57.0 Å². The van der Waals surface area contributed by atoms with Gasteiger partial charge in [0.15, 0.2) is 18.0 Å². The highest BCUT2D eigenvalue weighted by Crippen LogP contribution is 2.48. The van der Waals surface area contributed by atoms with Crippen LogP contribution in [0.15, 0.2) is 57.9 Å². The number of esters is 1. The standard InChI is InChI=1S/C26H30F2N5O12P/c1-14(23(35)43-15(2)18-8-9-21(44-18)33(37)38)31-46(39,41-12-16-4-6-17(40-3)7-5-16)42-13-19-22(34)26(27,28)24(45-19)32-11-10-20(29)30-25(32)36/h4-11,14-15,19,22,24,34H,12-13H2,1-3H3,(H,31,39)(H2,29,30,36)/t14-,15?,19+,22?,24+,46?/m0/s1. The smallest absolute Gasteiger partial charge is 0.433 e. The van der Waals surface area contributed by atoms with Gasteiger partial charge in [0.25, 0.3) is 0 Å². The quantitative estimate of drug-likeness (QED) is 0.0967. The van der Waals surface area contributed by atoms with Gasteiger partial charge in [-0.15, -0.1) is 0 Å². The number of furan rings is 1. The molecule has 1 aromatic carbocycles. The Balaban J connectivity index is 1.49. The molecule has 1 aliphatic heterocycles. The molecule has 46 heavy (non-hydrogen) atoms. The van der Waals surface area contributed by atoms with E-state index < -0.39 is 73.3 Å². The fraction of sp³-hybridized carbons (Fsp3) is 0.423. The first-order chi connectivity index (χ1) is 21.6. The first kappa shape index (κ1) is 34.6. The normalized spacial score (nSPS) is 21.7. The van der Waals surface area contributed by atoms with E-state index >= 15 is 8.78 Å². The van der Waals surface area contributed by atoms with Gasteiger partial charge in [-0.1, -0.05) is 12.1 Å². The van der Waals surface area contributed by atoms with E-state index in [9.17, 15) is 29.4 Å². The number of nitrogen functional groups attached to an aromatic ring is 1. The van der Waals surface area contributed by atoms with E-state index in [1.165, 1.54) is 27.0 Å². The lowest BCUT2D eigenvalue weighted by atomic mass is 10.1. The van der Waals surface area contributed by atoms with Crippen molar-refractivity contribution in [1.29, 1.82) is 0 Å². The van der Waals surface area contributed by atoms with Gasteiger partial charge in [-0.05, 0) is 43.7 Å². The van der Waals surface area contributed by atoms with Crippen molar-refractivity contribution in [2.75, 3.05) is 19.5 Å². The van der Waals surface area contributed by atoms with Crippen LogP contribution in [0.5, 0.6) is 5.75 Å². The lowest BCUT2D eigenvalue weighted by Crippen LogP contribution is -2.42. The lowest BCUT2D eigenvalue weighted by Gasteiger charge is -2.25. The summed E-state index contributed by atoms with van der Waals surface area (Å²) in [5.74, 6) is -5.35. The number of aliphatic hydroxyl groups excluding tert-OH is 1. The summed E-state index contributed by atoms with van der Waals surface area (Å²) in [6.07, 6.45) is -6.85. The highest BCUT2D eigenvalue weighted by Gasteiger charge is 2.60. The minimum absolute atomic E-state index is 0.0410. The highest BCUT2D eigenvalue weighted by molar-refractivity contribution is 7.51. The first-order valence-corrected chi connectivity index (χ1v) is 15.0. The third-order valence-corrected chi connectivity index (χ3v) is 8.31. The van der Waals surface area contributed by atoms with Crippen LogP contribution >= 0.6 is 7.75 Å². The number of nitro groups is 1. The van der Waals surface area contributed by atoms with E-state index in [-0.39, 0.29) is 18.2 Å². The molecule has 0 bridgehead atoms. The molecule has 0 amide bonds. The van der Waals surface area contributed by atoms with Gasteiger partial charge in [0.05, 0.1) is 26.4 Å². The summed E-state index contributed by atoms with van der Waals surface area (Å²) in [4.78, 5) is 38.5. The maximum absolute atomic E-state index is 15.0. The van der Waals surface area contributed by atoms with Crippen molar-refractivity contribution in [3.63, 3.8) is 0 Å². The molecule has 3 unspecified atom stereocenters. The number of nitrogens with zero attached hydrogens (tertiary/aromatic N) is 3. The topological polar surface area (TPSA) is 230 Å². The van der Waals surface area contributed by atoms with Crippen LogP contribution in [0.1, 0.15) is 37.5 Å². The lowest BCUT2D eigenvalue weighted by molar-refractivity contribution is -0.402. The fourth-order valence-corrected chi connectivity index (χ4v) is 5.62. The molecule has 3 aromatic rings. The first-order valence-electron chi connectivity index (χ1n) is 13.4. The summed E-state index contributed by atoms with van der Waals surface area (Å²) in [5, 5.41) is 23.6. The van der Waals surface area contributed by atoms with Gasteiger partial charge in [-0.2, -0.15) is 13.8 Å². The average molecular weight is 674 g/mol. The molecule has 1 saturated heterocycles. The molecular weight excluding hydrogens is 643 g/mol. The number of alkyl halides is 2. The second-order valence-electron chi connectivity index (χ2n) is 9.97. The average Bonchev–Trinajstić information content (AvgIpc) is 3.59. The SMILES string of the molecule is COc1ccc(COP(=O)(N[C@@H](C)C(=O)OC(C)c2ccc([N+](=O)[O-])o2)OC[C@H]2O[C@@H](n3ccc(N)nc3=O)C(F)(F)C2O)cc1. The Bertz CT molecular complexity index is 1650. The third-order valence-electron chi connectivity index (χ3n) is 6.64. The van der Waals surface area contributed by atoms with Gasteiger partial charge in [-0.3, -0.25) is 28.5 Å². The number of nitrogens with two attached hydrogens (primary N) is 1. The number of ether oxygens (including phenoxy) is 3. The number of aliphatic hydroxyl groups is 1. The molecule has 0 radical (unpaired) electrons. The number of carbonyl (C=O) groups excluding carboxylic acids is 1. The predicted octanol–water partition coefficient (Wildman–Crippen LogP) is 2.85. The van der Waals surface area contributed by atoms with Crippen LogP contribution in [0.2, 0.25) is 0 Å². The van der Waals surface area contributed by atoms with Gasteiger partial charge < -0.3 is 29.5 Å². The van der Waals surface area contributed by atoms with E-state index in [1.54, 1.807) is 24.3 Å². The van der Waals surface area contributed by atoms with Crippen LogP contribution < -0.4 is 21.2 Å². The van der Waals surface area contributed by atoms with Crippen molar-refractivity contribution in [1.82, 2.24) is 14.6 Å². The zero-order valence-electron chi connectivity index (χ0n) is 24.5. The monoisotopic (exact) mass is 673 g/mol. The van der Waals surface area contributed by atoms with Gasteiger partial charge in [0, 0.05) is 6.20 Å². The molecule has 17 nitrogen and oxygen atoms in total. The van der Waals surface area contributed by atoms with Crippen LogP contribution in [-0.2, 0) is 34.5 Å². The second-order valence-corrected chi connectivity index (χ2v) is 11.7. The predicted molar refractivity (Wildman–Crippen MR) is 152 cm³/mol. The number of carbonyl (C=O) groups is 1. The number of anilines is 1. The summed E-state index contributed by atoms with van der Waals surface area (Å²) < 4.78 is 75.8. The molecule has 0 aliphatic carbocycles. The number of rotatable bonds is 14. The molecule has 0 saturated carbocycles.